The van der Waals surface area contributed by atoms with E-state index in [0.717, 1.165) is 4.62 Å². The first-order valence-electron chi connectivity index (χ1n) is 2.32. The minimum atomic E-state index is -0.121. The van der Waals surface area contributed by atoms with Gasteiger partial charge in [0.05, 0.1) is 6.61 Å². The van der Waals surface area contributed by atoms with E-state index in [-0.39, 0.29) is 12.7 Å². The largest absolute Gasteiger partial charge is 0.392 e. The number of nitrogens with zero attached hydrogens (tertiary/aromatic N) is 1. The van der Waals surface area contributed by atoms with Crippen LogP contribution in [0.2, 0.25) is 0 Å². The molecule has 4 heteroatoms. The van der Waals surface area contributed by atoms with Crippen LogP contribution >= 0.6 is 15.9 Å². The fourth-order valence-electron chi connectivity index (χ4n) is 0.492. The molecular weight excluding hydrogens is 174 g/mol. The summed E-state index contributed by atoms with van der Waals surface area (Å²) in [5, 5.41) is 12.0. The normalized spacial score (nSPS) is 27.2. The maximum absolute atomic E-state index is 8.46. The van der Waals surface area contributed by atoms with Crippen LogP contribution in [-0.4, -0.2) is 22.4 Å². The molecule has 0 aliphatic carbocycles. The molecule has 0 saturated heterocycles. The Balaban J connectivity index is 2.32. The SMILES string of the molecule is OC[C@H]1CC(Br)=NO1. The third-order valence-electron chi connectivity index (χ3n) is 0.901. The van der Waals surface area contributed by atoms with Crippen LogP contribution in [0.4, 0.5) is 0 Å². The molecular formula is C4H6BrNO2. The zero-order valence-corrected chi connectivity index (χ0v) is 5.76. The number of rotatable bonds is 1. The van der Waals surface area contributed by atoms with E-state index in [1.165, 1.54) is 0 Å². The van der Waals surface area contributed by atoms with Crippen molar-refractivity contribution in [3.8, 4) is 0 Å². The summed E-state index contributed by atoms with van der Waals surface area (Å²) in [5.41, 5.74) is 0. The van der Waals surface area contributed by atoms with Gasteiger partial charge in [-0.25, -0.2) is 0 Å². The van der Waals surface area contributed by atoms with Crippen LogP contribution in [0.5, 0.6) is 0 Å². The van der Waals surface area contributed by atoms with Crippen LogP contribution in [0.25, 0.3) is 0 Å². The smallest absolute Gasteiger partial charge is 0.156 e. The summed E-state index contributed by atoms with van der Waals surface area (Å²) < 4.78 is 0.775. The van der Waals surface area contributed by atoms with Crippen molar-refractivity contribution in [2.24, 2.45) is 5.16 Å². The molecule has 0 aromatic rings. The number of aliphatic hydroxyl groups is 1. The molecule has 1 atom stereocenters. The van der Waals surface area contributed by atoms with Gasteiger partial charge in [-0.3, -0.25) is 0 Å². The number of hydrogen-bond donors (Lipinski definition) is 1. The van der Waals surface area contributed by atoms with E-state index in [9.17, 15) is 0 Å². The molecule has 0 aromatic heterocycles. The van der Waals surface area contributed by atoms with Gasteiger partial charge in [0.1, 0.15) is 4.62 Å². The molecule has 8 heavy (non-hydrogen) atoms. The van der Waals surface area contributed by atoms with Gasteiger partial charge in [0.2, 0.25) is 0 Å². The van der Waals surface area contributed by atoms with Gasteiger partial charge in [-0.15, -0.1) is 0 Å². The molecule has 0 aromatic carbocycles. The molecule has 0 saturated carbocycles. The second-order valence-corrected chi connectivity index (χ2v) is 2.50. The quantitative estimate of drug-likeness (QED) is 0.637. The molecule has 0 bridgehead atoms. The maximum atomic E-state index is 8.46. The number of oxime groups is 1. The number of halogens is 1. The van der Waals surface area contributed by atoms with Crippen molar-refractivity contribution in [2.75, 3.05) is 6.61 Å². The zero-order valence-electron chi connectivity index (χ0n) is 4.17. The highest BCUT2D eigenvalue weighted by Gasteiger charge is 2.16. The highest BCUT2D eigenvalue weighted by Crippen LogP contribution is 2.12. The Morgan fingerprint density at radius 3 is 3.00 bits per heavy atom. The highest BCUT2D eigenvalue weighted by molar-refractivity contribution is 9.18. The molecule has 0 spiro atoms. The second kappa shape index (κ2) is 2.46. The van der Waals surface area contributed by atoms with Gasteiger partial charge >= 0.3 is 0 Å². The van der Waals surface area contributed by atoms with E-state index < -0.39 is 0 Å². The summed E-state index contributed by atoms with van der Waals surface area (Å²) in [6.07, 6.45) is 0.570. The van der Waals surface area contributed by atoms with Gasteiger partial charge in [-0.1, -0.05) is 5.16 Å². The average Bonchev–Trinajstić information content (AvgIpc) is 2.14. The fraction of sp³-hybridized carbons (Fsp3) is 0.750. The Morgan fingerprint density at radius 1 is 2.00 bits per heavy atom. The highest BCUT2D eigenvalue weighted by atomic mass is 79.9. The standard InChI is InChI=1S/C4H6BrNO2/c5-4-1-3(2-7)8-6-4/h3,7H,1-2H2/t3-/m1/s1. The summed E-state index contributed by atoms with van der Waals surface area (Å²) in [6, 6.07) is 0. The van der Waals surface area contributed by atoms with E-state index in [2.05, 4.69) is 21.1 Å². The first-order chi connectivity index (χ1) is 3.83. The maximum Gasteiger partial charge on any atom is 0.156 e. The number of aliphatic hydroxyl groups excluding tert-OH is 1. The minimum Gasteiger partial charge on any atom is -0.392 e. The van der Waals surface area contributed by atoms with Crippen molar-refractivity contribution in [2.45, 2.75) is 12.5 Å². The summed E-state index contributed by atoms with van der Waals surface area (Å²) in [7, 11) is 0. The van der Waals surface area contributed by atoms with E-state index in [0.29, 0.717) is 6.42 Å². The Morgan fingerprint density at radius 2 is 2.75 bits per heavy atom. The summed E-state index contributed by atoms with van der Waals surface area (Å²) in [4.78, 5) is 4.71. The molecule has 0 fully saturated rings. The van der Waals surface area contributed by atoms with E-state index >= 15 is 0 Å². The van der Waals surface area contributed by atoms with Crippen LogP contribution in [0, 0.1) is 0 Å². The average molecular weight is 180 g/mol. The lowest BCUT2D eigenvalue weighted by Crippen LogP contribution is -2.10. The van der Waals surface area contributed by atoms with Crippen LogP contribution in [0.15, 0.2) is 5.16 Å². The van der Waals surface area contributed by atoms with Crippen LogP contribution in [0.1, 0.15) is 6.42 Å². The Hall–Kier alpha value is -0.0900. The van der Waals surface area contributed by atoms with Crippen molar-refractivity contribution in [3.05, 3.63) is 0 Å². The van der Waals surface area contributed by atoms with Gasteiger partial charge < -0.3 is 9.94 Å². The van der Waals surface area contributed by atoms with Gasteiger partial charge in [-0.05, 0) is 15.9 Å². The topological polar surface area (TPSA) is 41.8 Å². The van der Waals surface area contributed by atoms with Crippen LogP contribution in [0.3, 0.4) is 0 Å². The molecule has 3 nitrogen and oxygen atoms in total. The predicted molar refractivity (Wildman–Crippen MR) is 32.9 cm³/mol. The molecule has 1 aliphatic rings. The van der Waals surface area contributed by atoms with Crippen molar-refractivity contribution in [1.29, 1.82) is 0 Å². The molecule has 0 radical (unpaired) electrons. The lowest BCUT2D eigenvalue weighted by Gasteiger charge is -1.99. The summed E-state index contributed by atoms with van der Waals surface area (Å²) in [6.45, 7) is 0.0403. The van der Waals surface area contributed by atoms with Crippen LogP contribution < -0.4 is 0 Å². The third kappa shape index (κ3) is 1.20. The summed E-state index contributed by atoms with van der Waals surface area (Å²) >= 11 is 3.13. The summed E-state index contributed by atoms with van der Waals surface area (Å²) in [5.74, 6) is 0. The van der Waals surface area contributed by atoms with Crippen molar-refractivity contribution in [1.82, 2.24) is 0 Å². The second-order valence-electron chi connectivity index (χ2n) is 1.58. The molecule has 46 valence electrons. The first kappa shape index (κ1) is 6.04. The lowest BCUT2D eigenvalue weighted by atomic mass is 10.3. The minimum absolute atomic E-state index is 0.0403. The van der Waals surface area contributed by atoms with Gasteiger partial charge in [0.25, 0.3) is 0 Å². The molecule has 0 amide bonds. The third-order valence-corrected chi connectivity index (χ3v) is 1.37. The molecule has 0 unspecified atom stereocenters. The van der Waals surface area contributed by atoms with Crippen LogP contribution in [-0.2, 0) is 4.84 Å². The van der Waals surface area contributed by atoms with E-state index in [4.69, 9.17) is 9.94 Å². The van der Waals surface area contributed by atoms with Gasteiger partial charge in [0, 0.05) is 6.42 Å². The first-order valence-corrected chi connectivity index (χ1v) is 3.11. The molecule has 1 aliphatic heterocycles. The van der Waals surface area contributed by atoms with Crippen molar-refractivity contribution >= 4 is 20.6 Å². The molecule has 1 heterocycles. The fourth-order valence-corrected chi connectivity index (χ4v) is 0.937. The Bertz CT molecular complexity index is 115. The van der Waals surface area contributed by atoms with Gasteiger partial charge in [0.15, 0.2) is 6.10 Å². The van der Waals surface area contributed by atoms with E-state index in [1.54, 1.807) is 0 Å². The molecule has 1 rings (SSSR count). The predicted octanol–water partition coefficient (Wildman–Crippen LogP) is 0.476. The molecule has 1 N–H and O–H groups in total. The lowest BCUT2D eigenvalue weighted by molar-refractivity contribution is 0.0390. The van der Waals surface area contributed by atoms with E-state index in [1.807, 2.05) is 0 Å². The Kier molecular flexibility index (Phi) is 1.85. The van der Waals surface area contributed by atoms with Crippen molar-refractivity contribution < 1.29 is 9.94 Å². The van der Waals surface area contributed by atoms with Gasteiger partial charge in [-0.2, -0.15) is 0 Å². The Labute approximate surface area is 55.5 Å². The van der Waals surface area contributed by atoms with Crippen molar-refractivity contribution in [3.63, 3.8) is 0 Å². The number of hydrogen-bond acceptors (Lipinski definition) is 3. The monoisotopic (exact) mass is 179 g/mol. The zero-order chi connectivity index (χ0) is 5.98.